The topological polar surface area (TPSA) is 149 Å². The number of aromatic nitrogens is 3. The molecule has 2 aromatic heterocycles. The summed E-state index contributed by atoms with van der Waals surface area (Å²) >= 11 is 0. The van der Waals surface area contributed by atoms with Crippen molar-refractivity contribution in [2.24, 2.45) is 12.5 Å². The normalized spacial score (nSPS) is 22.4. The molecule has 2 aliphatic heterocycles. The molecule has 2 N–H and O–H groups in total. The fourth-order valence-corrected chi connectivity index (χ4v) is 6.18. The van der Waals surface area contributed by atoms with E-state index in [0.717, 1.165) is 0 Å². The Hall–Kier alpha value is -3.78. The van der Waals surface area contributed by atoms with Crippen molar-refractivity contribution in [2.45, 2.75) is 31.7 Å². The summed E-state index contributed by atoms with van der Waals surface area (Å²) in [6, 6.07) is 3.44. The van der Waals surface area contributed by atoms with Gasteiger partial charge in [-0.2, -0.15) is 0 Å². The number of benzene rings is 1. The van der Waals surface area contributed by atoms with Crippen LogP contribution in [0.2, 0.25) is 0 Å². The van der Waals surface area contributed by atoms with Gasteiger partial charge in [0.2, 0.25) is 15.9 Å². The van der Waals surface area contributed by atoms with Crippen LogP contribution in [0.4, 0.5) is 10.1 Å². The van der Waals surface area contributed by atoms with Crippen LogP contribution in [-0.4, -0.2) is 65.6 Å². The molecule has 1 fully saturated rings. The third kappa shape index (κ3) is 4.35. The van der Waals surface area contributed by atoms with E-state index >= 15 is 0 Å². The van der Waals surface area contributed by atoms with Gasteiger partial charge in [0.15, 0.2) is 11.4 Å². The van der Waals surface area contributed by atoms with Gasteiger partial charge >= 0.3 is 11.8 Å². The molecule has 0 bridgehead atoms. The molecule has 2 unspecified atom stereocenters. The number of fused-ring (bicyclic) bond motifs is 2. The van der Waals surface area contributed by atoms with E-state index in [1.165, 1.54) is 40.9 Å². The van der Waals surface area contributed by atoms with Crippen molar-refractivity contribution in [3.63, 3.8) is 0 Å². The minimum absolute atomic E-state index is 0.0137. The maximum absolute atomic E-state index is 13.6. The number of aryl methyl sites for hydroxylation is 3. The molecule has 4 heterocycles. The predicted octanol–water partition coefficient (Wildman–Crippen LogP) is 1.62. The molecule has 1 aromatic carbocycles. The number of sulfonamides is 1. The van der Waals surface area contributed by atoms with Crippen LogP contribution in [0.25, 0.3) is 0 Å². The van der Waals surface area contributed by atoms with Crippen molar-refractivity contribution in [1.29, 1.82) is 0 Å². The van der Waals surface area contributed by atoms with Crippen LogP contribution >= 0.6 is 0 Å². The number of nitrogens with one attached hydrogen (secondary N) is 2. The zero-order valence-electron chi connectivity index (χ0n) is 20.5. The van der Waals surface area contributed by atoms with Crippen molar-refractivity contribution in [3.8, 4) is 5.75 Å². The van der Waals surface area contributed by atoms with Gasteiger partial charge in [0, 0.05) is 50.4 Å². The van der Waals surface area contributed by atoms with Gasteiger partial charge in [-0.15, -0.1) is 10.2 Å². The van der Waals surface area contributed by atoms with Gasteiger partial charge in [-0.25, -0.2) is 17.5 Å². The predicted molar refractivity (Wildman–Crippen MR) is 127 cm³/mol. The second-order valence-corrected chi connectivity index (χ2v) is 11.3. The average Bonchev–Trinajstić information content (AvgIpc) is 3.49. The van der Waals surface area contributed by atoms with Gasteiger partial charge in [-0.1, -0.05) is 6.92 Å². The molecule has 1 saturated heterocycles. The molecule has 37 heavy (non-hydrogen) atoms. The van der Waals surface area contributed by atoms with Crippen LogP contribution in [0.1, 0.15) is 39.6 Å². The van der Waals surface area contributed by atoms with Crippen LogP contribution in [-0.2, 0) is 17.1 Å². The molecule has 196 valence electrons. The van der Waals surface area contributed by atoms with E-state index in [1.54, 1.807) is 20.8 Å². The quantitative estimate of drug-likeness (QED) is 0.517. The smallest absolute Gasteiger partial charge is 0.311 e. The summed E-state index contributed by atoms with van der Waals surface area (Å²) in [4.78, 5) is 27.3. The second-order valence-electron chi connectivity index (χ2n) is 9.63. The number of hydrogen-bond acceptors (Lipinski definition) is 8. The Morgan fingerprint density at radius 2 is 2.03 bits per heavy atom. The number of carbonyl (C=O) groups is 2. The molecular formula is C23H25FN6O6S. The van der Waals surface area contributed by atoms with Crippen LogP contribution in [0.3, 0.4) is 0 Å². The highest BCUT2D eigenvalue weighted by Crippen LogP contribution is 2.39. The molecule has 3 aromatic rings. The first-order valence-electron chi connectivity index (χ1n) is 11.4. The molecule has 0 radical (unpaired) electrons. The number of ether oxygens (including phenoxy) is 1. The SMILES string of the molecule is Cc1nnc(C(=O)N2CC3NS(=O)(=O)c4cn(C)c(C(=O)Nc5ccc(F)c(C)c5)c4OCC3(C)C2)o1. The zero-order valence-corrected chi connectivity index (χ0v) is 21.3. The molecule has 0 saturated carbocycles. The highest BCUT2D eigenvalue weighted by atomic mass is 32.2. The van der Waals surface area contributed by atoms with Crippen LogP contribution in [0.5, 0.6) is 5.75 Å². The Balaban J connectivity index is 1.44. The Labute approximate surface area is 211 Å². The van der Waals surface area contributed by atoms with E-state index in [1.807, 2.05) is 0 Å². The zero-order chi connectivity index (χ0) is 26.7. The number of rotatable bonds is 3. The summed E-state index contributed by atoms with van der Waals surface area (Å²) in [5.74, 6) is -1.60. The monoisotopic (exact) mass is 532 g/mol. The van der Waals surface area contributed by atoms with Crippen molar-refractivity contribution < 1.29 is 31.6 Å². The fourth-order valence-electron chi connectivity index (χ4n) is 4.62. The van der Waals surface area contributed by atoms with Crippen LogP contribution in [0.15, 0.2) is 33.7 Å². The number of halogens is 1. The van der Waals surface area contributed by atoms with Crippen molar-refractivity contribution in [1.82, 2.24) is 24.4 Å². The number of likely N-dealkylation sites (tertiary alicyclic amines) is 1. The maximum atomic E-state index is 13.6. The number of carbonyl (C=O) groups excluding carboxylic acids is 2. The first kappa shape index (κ1) is 24.9. The Bertz CT molecular complexity index is 1530. The van der Waals surface area contributed by atoms with Crippen molar-refractivity contribution in [3.05, 3.63) is 53.3 Å². The van der Waals surface area contributed by atoms with Crippen molar-refractivity contribution in [2.75, 3.05) is 25.0 Å². The number of amides is 2. The summed E-state index contributed by atoms with van der Waals surface area (Å²) in [5, 5.41) is 10.1. The fraction of sp³-hybridized carbons (Fsp3) is 0.391. The third-order valence-corrected chi connectivity index (χ3v) is 8.12. The summed E-state index contributed by atoms with van der Waals surface area (Å²) in [6.45, 7) is 5.16. The highest BCUT2D eigenvalue weighted by Gasteiger charge is 2.50. The molecule has 2 atom stereocenters. The molecule has 12 nitrogen and oxygen atoms in total. The molecule has 0 spiro atoms. The lowest BCUT2D eigenvalue weighted by molar-refractivity contribution is 0.0717. The number of anilines is 1. The molecule has 2 aliphatic rings. The molecule has 14 heteroatoms. The van der Waals surface area contributed by atoms with Gasteiger partial charge in [-0.3, -0.25) is 9.59 Å². The van der Waals surface area contributed by atoms with E-state index < -0.39 is 39.1 Å². The molecule has 2 amide bonds. The van der Waals surface area contributed by atoms with E-state index in [9.17, 15) is 22.4 Å². The lowest BCUT2D eigenvalue weighted by Gasteiger charge is -2.32. The van der Waals surface area contributed by atoms with E-state index in [0.29, 0.717) is 11.3 Å². The maximum Gasteiger partial charge on any atom is 0.311 e. The lowest BCUT2D eigenvalue weighted by atomic mass is 9.87. The van der Waals surface area contributed by atoms with E-state index in [4.69, 9.17) is 9.15 Å². The first-order chi connectivity index (χ1) is 17.4. The average molecular weight is 533 g/mol. The Kier molecular flexibility index (Phi) is 5.83. The third-order valence-electron chi connectivity index (χ3n) is 6.66. The van der Waals surface area contributed by atoms with Crippen LogP contribution in [0, 0.1) is 25.1 Å². The summed E-state index contributed by atoms with van der Waals surface area (Å²) in [6.07, 6.45) is 1.30. The number of hydrogen-bond donors (Lipinski definition) is 2. The molecule has 0 aliphatic carbocycles. The summed E-state index contributed by atoms with van der Waals surface area (Å²) in [5.41, 5.74) is -0.152. The Morgan fingerprint density at radius 1 is 1.27 bits per heavy atom. The lowest BCUT2D eigenvalue weighted by Crippen LogP contribution is -2.49. The van der Waals surface area contributed by atoms with Gasteiger partial charge in [0.05, 0.1) is 6.61 Å². The highest BCUT2D eigenvalue weighted by molar-refractivity contribution is 7.89. The minimum atomic E-state index is -4.14. The second kappa shape index (κ2) is 8.66. The van der Waals surface area contributed by atoms with Gasteiger partial charge in [-0.05, 0) is 30.7 Å². The largest absolute Gasteiger partial charge is 0.489 e. The van der Waals surface area contributed by atoms with Crippen LogP contribution < -0.4 is 14.8 Å². The van der Waals surface area contributed by atoms with Crippen molar-refractivity contribution >= 4 is 27.5 Å². The standard InChI is InChI=1S/C23H25FN6O6S/c1-12-7-14(5-6-15(12)24)25-20(31)18-19-16(8-29(18)4)37(33,34)28-17-9-30(10-23(17,3)11-35-19)22(32)21-27-26-13(2)36-21/h5-8,17,28H,9-11H2,1-4H3,(H,25,31). The Morgan fingerprint density at radius 3 is 2.70 bits per heavy atom. The van der Waals surface area contributed by atoms with Gasteiger partial charge in [0.25, 0.3) is 5.91 Å². The summed E-state index contributed by atoms with van der Waals surface area (Å²) < 4.78 is 55.7. The molecular weight excluding hydrogens is 507 g/mol. The summed E-state index contributed by atoms with van der Waals surface area (Å²) in [7, 11) is -2.61. The molecule has 5 rings (SSSR count). The minimum Gasteiger partial charge on any atom is -0.489 e. The van der Waals surface area contributed by atoms with E-state index in [-0.39, 0.29) is 47.8 Å². The number of nitrogens with zero attached hydrogens (tertiary/aromatic N) is 4. The van der Waals surface area contributed by atoms with Gasteiger partial charge in [0.1, 0.15) is 10.7 Å². The van der Waals surface area contributed by atoms with E-state index in [2.05, 4.69) is 20.2 Å². The first-order valence-corrected chi connectivity index (χ1v) is 12.9. The van der Waals surface area contributed by atoms with Gasteiger partial charge < -0.3 is 23.9 Å².